The Labute approximate surface area is 158 Å². The summed E-state index contributed by atoms with van der Waals surface area (Å²) in [7, 11) is 0. The first-order valence-corrected chi connectivity index (χ1v) is 9.24. The van der Waals surface area contributed by atoms with Crippen LogP contribution >= 0.6 is 0 Å². The number of benzene rings is 2. The van der Waals surface area contributed by atoms with Gasteiger partial charge in [-0.25, -0.2) is 4.79 Å². The molecule has 2 heterocycles. The van der Waals surface area contributed by atoms with Gasteiger partial charge in [0.1, 0.15) is 0 Å². The largest absolute Gasteiger partial charge is 0.372 e. The number of rotatable bonds is 3. The van der Waals surface area contributed by atoms with Crippen LogP contribution in [-0.2, 0) is 6.54 Å². The van der Waals surface area contributed by atoms with Gasteiger partial charge >= 0.3 is 6.03 Å². The van der Waals surface area contributed by atoms with Crippen molar-refractivity contribution in [1.29, 1.82) is 0 Å². The lowest BCUT2D eigenvalue weighted by Crippen LogP contribution is -2.28. The van der Waals surface area contributed by atoms with Gasteiger partial charge in [-0.2, -0.15) is 0 Å². The van der Waals surface area contributed by atoms with Crippen LogP contribution in [0.15, 0.2) is 42.5 Å². The lowest BCUT2D eigenvalue weighted by Gasteiger charge is -2.20. The van der Waals surface area contributed by atoms with Crippen LogP contribution in [0, 0.1) is 0 Å². The summed E-state index contributed by atoms with van der Waals surface area (Å²) in [5.41, 5.74) is 4.10. The Kier molecular flexibility index (Phi) is 4.93. The number of nitrogens with one attached hydrogen (secondary N) is 4. The molecule has 27 heavy (non-hydrogen) atoms. The third kappa shape index (κ3) is 4.03. The summed E-state index contributed by atoms with van der Waals surface area (Å²) in [4.78, 5) is 26.7. The van der Waals surface area contributed by atoms with Crippen LogP contribution in [-0.4, -0.2) is 36.6 Å². The van der Waals surface area contributed by atoms with E-state index in [4.69, 9.17) is 0 Å². The average Bonchev–Trinajstić information content (AvgIpc) is 3.22. The third-order valence-corrected chi connectivity index (χ3v) is 4.84. The molecule has 3 amide bonds. The maximum atomic E-state index is 12.5. The number of nitrogens with zero attached hydrogens (tertiary/aromatic N) is 1. The molecule has 0 radical (unpaired) electrons. The van der Waals surface area contributed by atoms with Gasteiger partial charge in [0.15, 0.2) is 0 Å². The number of anilines is 3. The number of fused-ring (bicyclic) bond motifs is 1. The lowest BCUT2D eigenvalue weighted by atomic mass is 10.1. The lowest BCUT2D eigenvalue weighted by molar-refractivity contribution is 0.0793. The van der Waals surface area contributed by atoms with E-state index in [0.717, 1.165) is 56.1 Å². The first-order chi connectivity index (χ1) is 13.2. The summed E-state index contributed by atoms with van der Waals surface area (Å²) in [6, 6.07) is 12.5. The molecule has 140 valence electrons. The fraction of sp³-hybridized carbons (Fsp3) is 0.300. The molecule has 1 saturated heterocycles. The average molecular weight is 365 g/mol. The molecule has 2 aliphatic rings. The molecule has 0 aliphatic carbocycles. The molecule has 0 bridgehead atoms. The Morgan fingerprint density at radius 2 is 1.74 bits per heavy atom. The molecule has 7 nitrogen and oxygen atoms in total. The first kappa shape index (κ1) is 17.4. The van der Waals surface area contributed by atoms with Crippen LogP contribution in [0.1, 0.15) is 28.8 Å². The number of amides is 3. The van der Waals surface area contributed by atoms with Gasteiger partial charge in [-0.15, -0.1) is 0 Å². The Bertz CT molecular complexity index is 861. The number of hydrogen-bond acceptors (Lipinski definition) is 4. The molecule has 1 fully saturated rings. The van der Waals surface area contributed by atoms with Crippen molar-refractivity contribution in [2.45, 2.75) is 19.4 Å². The second-order valence-electron chi connectivity index (χ2n) is 6.81. The number of hydrogen-bond donors (Lipinski definition) is 4. The van der Waals surface area contributed by atoms with Gasteiger partial charge in [0.05, 0.1) is 6.67 Å². The highest BCUT2D eigenvalue weighted by Crippen LogP contribution is 2.23. The Morgan fingerprint density at radius 1 is 0.963 bits per heavy atom. The van der Waals surface area contributed by atoms with Gasteiger partial charge < -0.3 is 20.9 Å². The highest BCUT2D eigenvalue weighted by atomic mass is 16.2. The maximum absolute atomic E-state index is 12.5. The predicted molar refractivity (Wildman–Crippen MR) is 106 cm³/mol. The minimum Gasteiger partial charge on any atom is -0.372 e. The van der Waals surface area contributed by atoms with Crippen molar-refractivity contribution in [2.24, 2.45) is 0 Å². The quantitative estimate of drug-likeness (QED) is 0.674. The van der Waals surface area contributed by atoms with Crippen molar-refractivity contribution in [3.63, 3.8) is 0 Å². The maximum Gasteiger partial charge on any atom is 0.323 e. The summed E-state index contributed by atoms with van der Waals surface area (Å²) in [6.45, 7) is 3.12. The molecule has 4 N–H and O–H groups in total. The molecular formula is C20H23N5O2. The highest BCUT2D eigenvalue weighted by Gasteiger charge is 2.19. The van der Waals surface area contributed by atoms with E-state index in [2.05, 4.69) is 21.3 Å². The third-order valence-electron chi connectivity index (χ3n) is 4.84. The summed E-state index contributed by atoms with van der Waals surface area (Å²) in [5, 5.41) is 12.1. The molecule has 2 aliphatic heterocycles. The molecule has 2 aromatic rings. The summed E-state index contributed by atoms with van der Waals surface area (Å²) in [5.74, 6) is 0.0197. The minimum atomic E-state index is -0.336. The van der Waals surface area contributed by atoms with Crippen molar-refractivity contribution >= 4 is 29.0 Å². The standard InChI is InChI=1S/C20H23N5O2/c26-19(25-8-1-2-9-25)14-4-3-5-16(10-14)23-20(27)24-17-6-7-18-15(11-17)12-21-13-22-18/h3-7,10-11,21-22H,1-2,8-9,12-13H2,(H2,23,24,27). The molecule has 4 rings (SSSR count). The number of carbonyl (C=O) groups is 2. The zero-order valence-electron chi connectivity index (χ0n) is 15.0. The molecule has 0 saturated carbocycles. The zero-order chi connectivity index (χ0) is 18.6. The Morgan fingerprint density at radius 3 is 2.56 bits per heavy atom. The van der Waals surface area contributed by atoms with Gasteiger partial charge in [-0.3, -0.25) is 10.1 Å². The van der Waals surface area contributed by atoms with Gasteiger partial charge in [0.2, 0.25) is 0 Å². The molecule has 2 aromatic carbocycles. The second kappa shape index (κ2) is 7.67. The van der Waals surface area contributed by atoms with Crippen LogP contribution < -0.4 is 21.3 Å². The van der Waals surface area contributed by atoms with E-state index in [1.807, 2.05) is 23.1 Å². The van der Waals surface area contributed by atoms with Crippen LogP contribution in [0.2, 0.25) is 0 Å². The Balaban J connectivity index is 1.41. The van der Waals surface area contributed by atoms with Crippen molar-refractivity contribution in [1.82, 2.24) is 10.2 Å². The number of carbonyl (C=O) groups excluding carboxylic acids is 2. The zero-order valence-corrected chi connectivity index (χ0v) is 15.0. The van der Waals surface area contributed by atoms with Crippen LogP contribution in [0.5, 0.6) is 0 Å². The molecule has 0 spiro atoms. The number of likely N-dealkylation sites (tertiary alicyclic amines) is 1. The highest BCUT2D eigenvalue weighted by molar-refractivity contribution is 6.01. The first-order valence-electron chi connectivity index (χ1n) is 9.24. The predicted octanol–water partition coefficient (Wildman–Crippen LogP) is 3.04. The summed E-state index contributed by atoms with van der Waals surface area (Å²) in [6.07, 6.45) is 2.11. The SMILES string of the molecule is O=C(Nc1cccc(C(=O)N2CCCC2)c1)Nc1ccc2c(c1)CNCN2. The fourth-order valence-corrected chi connectivity index (χ4v) is 3.47. The fourth-order valence-electron chi connectivity index (χ4n) is 3.47. The summed E-state index contributed by atoms with van der Waals surface area (Å²) >= 11 is 0. The molecule has 0 unspecified atom stereocenters. The topological polar surface area (TPSA) is 85.5 Å². The van der Waals surface area contributed by atoms with Crippen molar-refractivity contribution in [3.05, 3.63) is 53.6 Å². The van der Waals surface area contributed by atoms with E-state index >= 15 is 0 Å². The van der Waals surface area contributed by atoms with Gasteiger partial charge in [-0.05, 0) is 54.8 Å². The second-order valence-corrected chi connectivity index (χ2v) is 6.81. The Hall–Kier alpha value is -3.06. The van der Waals surface area contributed by atoms with Crippen molar-refractivity contribution in [3.8, 4) is 0 Å². The van der Waals surface area contributed by atoms with E-state index in [9.17, 15) is 9.59 Å². The van der Waals surface area contributed by atoms with E-state index in [1.54, 1.807) is 24.3 Å². The van der Waals surface area contributed by atoms with Crippen LogP contribution in [0.25, 0.3) is 0 Å². The molecule has 0 atom stereocenters. The van der Waals surface area contributed by atoms with E-state index in [-0.39, 0.29) is 11.9 Å². The van der Waals surface area contributed by atoms with Gasteiger partial charge in [0, 0.05) is 42.3 Å². The van der Waals surface area contributed by atoms with Gasteiger partial charge in [-0.1, -0.05) is 6.07 Å². The summed E-state index contributed by atoms with van der Waals surface area (Å²) < 4.78 is 0. The molecular weight excluding hydrogens is 342 g/mol. The van der Waals surface area contributed by atoms with E-state index < -0.39 is 0 Å². The number of urea groups is 1. The van der Waals surface area contributed by atoms with Gasteiger partial charge in [0.25, 0.3) is 5.91 Å². The van der Waals surface area contributed by atoms with E-state index in [1.165, 1.54) is 0 Å². The normalized spacial score (nSPS) is 15.6. The van der Waals surface area contributed by atoms with Crippen molar-refractivity contribution in [2.75, 3.05) is 35.7 Å². The van der Waals surface area contributed by atoms with Crippen LogP contribution in [0.3, 0.4) is 0 Å². The van der Waals surface area contributed by atoms with Crippen LogP contribution in [0.4, 0.5) is 21.9 Å². The monoisotopic (exact) mass is 365 g/mol. The minimum absolute atomic E-state index is 0.0197. The van der Waals surface area contributed by atoms with Crippen molar-refractivity contribution < 1.29 is 9.59 Å². The molecule has 7 heteroatoms. The molecule has 0 aromatic heterocycles. The van der Waals surface area contributed by atoms with E-state index in [0.29, 0.717) is 11.3 Å². The smallest absolute Gasteiger partial charge is 0.323 e.